The average molecular weight is 300 g/mol. The number of para-hydroxylation sites is 2. The van der Waals surface area contributed by atoms with Crippen molar-refractivity contribution in [2.75, 3.05) is 0 Å². The molecule has 1 aromatic heterocycles. The molecule has 23 heavy (non-hydrogen) atoms. The molecule has 0 bridgehead atoms. The summed E-state index contributed by atoms with van der Waals surface area (Å²) in [6.45, 7) is 0.651. The molecular weight excluding hydrogens is 284 g/mol. The van der Waals surface area contributed by atoms with E-state index in [1.165, 1.54) is 0 Å². The molecule has 112 valence electrons. The number of hydrogen-bond donors (Lipinski definition) is 0. The Morgan fingerprint density at radius 1 is 0.696 bits per heavy atom. The first-order valence-corrected chi connectivity index (χ1v) is 7.64. The van der Waals surface area contributed by atoms with E-state index in [9.17, 15) is 4.79 Å². The highest BCUT2D eigenvalue weighted by atomic mass is 16.1. The van der Waals surface area contributed by atoms with Gasteiger partial charge in [0.05, 0.1) is 23.1 Å². The highest BCUT2D eigenvalue weighted by molar-refractivity contribution is 5.79. The van der Waals surface area contributed by atoms with E-state index < -0.39 is 0 Å². The summed E-state index contributed by atoms with van der Waals surface area (Å²) in [6, 6.07) is 27.7. The Morgan fingerprint density at radius 3 is 2.04 bits per heavy atom. The minimum Gasteiger partial charge on any atom is -0.273 e. The summed E-state index contributed by atoms with van der Waals surface area (Å²) in [5, 5.41) is 0.743. The molecule has 3 nitrogen and oxygen atoms in total. The van der Waals surface area contributed by atoms with Crippen molar-refractivity contribution in [1.29, 1.82) is 0 Å². The lowest BCUT2D eigenvalue weighted by atomic mass is 10.2. The van der Waals surface area contributed by atoms with Crippen molar-refractivity contribution in [3.05, 3.63) is 101 Å². The van der Waals surface area contributed by atoms with Crippen LogP contribution < -0.4 is 5.56 Å². The molecule has 0 saturated carbocycles. The molecule has 3 heteroatoms. The van der Waals surface area contributed by atoms with Crippen LogP contribution in [0.4, 0.5) is 0 Å². The molecule has 3 aromatic carbocycles. The van der Waals surface area contributed by atoms with Gasteiger partial charge in [-0.3, -0.25) is 9.48 Å². The molecule has 0 aliphatic rings. The van der Waals surface area contributed by atoms with Gasteiger partial charge in [0.15, 0.2) is 0 Å². The maximum atomic E-state index is 12.9. The van der Waals surface area contributed by atoms with Crippen LogP contribution in [0.1, 0.15) is 5.56 Å². The van der Waals surface area contributed by atoms with E-state index in [1.54, 1.807) is 4.68 Å². The van der Waals surface area contributed by atoms with E-state index >= 15 is 0 Å². The molecule has 0 saturated heterocycles. The van der Waals surface area contributed by atoms with Gasteiger partial charge in [0.1, 0.15) is 0 Å². The van der Waals surface area contributed by atoms with Gasteiger partial charge < -0.3 is 0 Å². The van der Waals surface area contributed by atoms with Crippen LogP contribution in [0.15, 0.2) is 89.7 Å². The van der Waals surface area contributed by atoms with E-state index in [1.807, 2.05) is 77.5 Å². The first-order valence-electron chi connectivity index (χ1n) is 7.64. The zero-order valence-electron chi connectivity index (χ0n) is 12.6. The number of hydrogen-bond acceptors (Lipinski definition) is 1. The topological polar surface area (TPSA) is 26.9 Å². The number of aromatic nitrogens is 2. The van der Waals surface area contributed by atoms with E-state index in [0.29, 0.717) is 6.54 Å². The standard InChI is InChI=1S/C20H16N2O/c23-20-18-13-7-8-14-19(18)21(15-16-9-3-1-4-10-16)22(20)17-11-5-2-6-12-17/h1-14H,15H2. The van der Waals surface area contributed by atoms with Crippen LogP contribution in [0, 0.1) is 0 Å². The summed E-state index contributed by atoms with van der Waals surface area (Å²) in [6.07, 6.45) is 0. The highest BCUT2D eigenvalue weighted by Gasteiger charge is 2.14. The fraction of sp³-hybridized carbons (Fsp3) is 0.0500. The molecule has 0 aliphatic carbocycles. The van der Waals surface area contributed by atoms with Crippen LogP contribution in [0.2, 0.25) is 0 Å². The van der Waals surface area contributed by atoms with Gasteiger partial charge in [-0.2, -0.15) is 0 Å². The maximum Gasteiger partial charge on any atom is 0.279 e. The van der Waals surface area contributed by atoms with Gasteiger partial charge in [-0.05, 0) is 29.8 Å². The van der Waals surface area contributed by atoms with E-state index in [0.717, 1.165) is 22.2 Å². The largest absolute Gasteiger partial charge is 0.279 e. The second kappa shape index (κ2) is 5.61. The Hall–Kier alpha value is -3.07. The van der Waals surface area contributed by atoms with Gasteiger partial charge >= 0.3 is 0 Å². The monoisotopic (exact) mass is 300 g/mol. The van der Waals surface area contributed by atoms with Crippen molar-refractivity contribution in [2.24, 2.45) is 0 Å². The minimum atomic E-state index is 0.0164. The Kier molecular flexibility index (Phi) is 3.31. The lowest BCUT2D eigenvalue weighted by molar-refractivity contribution is 0.612. The van der Waals surface area contributed by atoms with Gasteiger partial charge in [0.2, 0.25) is 0 Å². The van der Waals surface area contributed by atoms with Crippen molar-refractivity contribution in [1.82, 2.24) is 9.36 Å². The second-order valence-electron chi connectivity index (χ2n) is 5.51. The van der Waals surface area contributed by atoms with Crippen LogP contribution in [0.25, 0.3) is 16.6 Å². The summed E-state index contributed by atoms with van der Waals surface area (Å²) < 4.78 is 3.81. The van der Waals surface area contributed by atoms with E-state index in [4.69, 9.17) is 0 Å². The smallest absolute Gasteiger partial charge is 0.273 e. The van der Waals surface area contributed by atoms with Gasteiger partial charge in [-0.1, -0.05) is 60.7 Å². The molecule has 1 heterocycles. The molecular formula is C20H16N2O. The van der Waals surface area contributed by atoms with Crippen molar-refractivity contribution in [2.45, 2.75) is 6.54 Å². The van der Waals surface area contributed by atoms with E-state index in [2.05, 4.69) is 12.1 Å². The van der Waals surface area contributed by atoms with Crippen LogP contribution in [0.5, 0.6) is 0 Å². The summed E-state index contributed by atoms with van der Waals surface area (Å²) in [5.74, 6) is 0. The number of nitrogens with zero attached hydrogens (tertiary/aromatic N) is 2. The quantitative estimate of drug-likeness (QED) is 0.565. The minimum absolute atomic E-state index is 0.0164. The van der Waals surface area contributed by atoms with Crippen LogP contribution in [-0.2, 0) is 6.54 Å². The zero-order chi connectivity index (χ0) is 15.6. The molecule has 4 aromatic rings. The van der Waals surface area contributed by atoms with Crippen LogP contribution in [0.3, 0.4) is 0 Å². The third kappa shape index (κ3) is 2.36. The molecule has 4 rings (SSSR count). The van der Waals surface area contributed by atoms with E-state index in [-0.39, 0.29) is 5.56 Å². The highest BCUT2D eigenvalue weighted by Crippen LogP contribution is 2.17. The number of rotatable bonds is 3. The second-order valence-corrected chi connectivity index (χ2v) is 5.51. The fourth-order valence-electron chi connectivity index (χ4n) is 2.95. The lowest BCUT2D eigenvalue weighted by Gasteiger charge is -2.13. The normalized spacial score (nSPS) is 11.0. The first kappa shape index (κ1) is 13.6. The Labute approximate surface area is 134 Å². The first-order chi connectivity index (χ1) is 11.3. The number of benzene rings is 3. The Bertz CT molecular complexity index is 998. The van der Waals surface area contributed by atoms with Gasteiger partial charge in [0.25, 0.3) is 5.56 Å². The molecule has 0 spiro atoms. The molecule has 0 radical (unpaired) electrons. The number of fused-ring (bicyclic) bond motifs is 1. The van der Waals surface area contributed by atoms with Gasteiger partial charge in [0, 0.05) is 0 Å². The third-order valence-corrected chi connectivity index (χ3v) is 4.02. The maximum absolute atomic E-state index is 12.9. The van der Waals surface area contributed by atoms with Crippen molar-refractivity contribution in [3.8, 4) is 5.69 Å². The molecule has 0 amide bonds. The van der Waals surface area contributed by atoms with Gasteiger partial charge in [-0.15, -0.1) is 0 Å². The molecule has 0 unspecified atom stereocenters. The summed E-state index contributed by atoms with van der Waals surface area (Å²) in [4.78, 5) is 12.9. The van der Waals surface area contributed by atoms with Crippen LogP contribution >= 0.6 is 0 Å². The SMILES string of the molecule is O=c1c2ccccc2n(Cc2ccccc2)n1-c1ccccc1. The third-order valence-electron chi connectivity index (χ3n) is 4.02. The summed E-state index contributed by atoms with van der Waals surface area (Å²) >= 11 is 0. The summed E-state index contributed by atoms with van der Waals surface area (Å²) in [7, 11) is 0. The van der Waals surface area contributed by atoms with Crippen molar-refractivity contribution in [3.63, 3.8) is 0 Å². The predicted octanol–water partition coefficient (Wildman–Crippen LogP) is 3.84. The lowest BCUT2D eigenvalue weighted by Crippen LogP contribution is -2.21. The molecule has 0 atom stereocenters. The van der Waals surface area contributed by atoms with Gasteiger partial charge in [-0.25, -0.2) is 4.68 Å². The Balaban J connectivity index is 1.99. The molecule has 0 N–H and O–H groups in total. The average Bonchev–Trinajstić information content (AvgIpc) is 2.89. The van der Waals surface area contributed by atoms with Crippen LogP contribution in [-0.4, -0.2) is 9.36 Å². The fourth-order valence-corrected chi connectivity index (χ4v) is 2.95. The van der Waals surface area contributed by atoms with Crippen molar-refractivity contribution >= 4 is 10.9 Å². The molecule has 0 fully saturated rings. The Morgan fingerprint density at radius 2 is 1.30 bits per heavy atom. The molecule has 0 aliphatic heterocycles. The zero-order valence-corrected chi connectivity index (χ0v) is 12.6. The van der Waals surface area contributed by atoms with Crippen molar-refractivity contribution < 1.29 is 0 Å². The predicted molar refractivity (Wildman–Crippen MR) is 93.1 cm³/mol. The summed E-state index contributed by atoms with van der Waals surface area (Å²) in [5.41, 5.74) is 3.01.